The van der Waals surface area contributed by atoms with Crippen molar-refractivity contribution in [2.75, 3.05) is 35.4 Å². The molecule has 8 nitrogen and oxygen atoms in total. The zero-order valence-corrected chi connectivity index (χ0v) is 11.2. The number of fused-ring (bicyclic) bond motifs is 1. The van der Waals surface area contributed by atoms with Crippen LogP contribution in [-0.4, -0.2) is 49.9 Å². The first-order chi connectivity index (χ1) is 9.35. The molecule has 0 aliphatic rings. The van der Waals surface area contributed by atoms with Crippen LogP contribution >= 0.6 is 11.8 Å². The Morgan fingerprint density at radius 3 is 3.05 bits per heavy atom. The van der Waals surface area contributed by atoms with Crippen LogP contribution in [0, 0.1) is 0 Å². The van der Waals surface area contributed by atoms with E-state index in [1.54, 1.807) is 18.0 Å². The molecule has 0 saturated heterocycles. The zero-order chi connectivity index (χ0) is 13.5. The summed E-state index contributed by atoms with van der Waals surface area (Å²) in [7, 11) is 0. The number of nitrogen functional groups attached to an aromatic ring is 1. The third kappa shape index (κ3) is 3.69. The molecular formula is C10H17N7OS. The lowest BCUT2D eigenvalue weighted by atomic mass is 10.4. The van der Waals surface area contributed by atoms with Crippen LogP contribution in [0.25, 0.3) is 11.0 Å². The molecule has 6 N–H and O–H groups in total. The van der Waals surface area contributed by atoms with Crippen molar-refractivity contribution in [1.82, 2.24) is 20.2 Å². The summed E-state index contributed by atoms with van der Waals surface area (Å²) in [5.74, 6) is 8.26. The third-order valence-electron chi connectivity index (χ3n) is 2.42. The van der Waals surface area contributed by atoms with Crippen LogP contribution in [0.3, 0.4) is 0 Å². The van der Waals surface area contributed by atoms with Crippen molar-refractivity contribution in [3.8, 4) is 0 Å². The van der Waals surface area contributed by atoms with Crippen molar-refractivity contribution in [2.24, 2.45) is 5.84 Å². The first-order valence-electron chi connectivity index (χ1n) is 5.95. The molecule has 0 unspecified atom stereocenters. The molecule has 2 heterocycles. The molecule has 0 bridgehead atoms. The normalized spacial score (nSPS) is 10.8. The van der Waals surface area contributed by atoms with Crippen LogP contribution in [-0.2, 0) is 0 Å². The smallest absolute Gasteiger partial charge is 0.241 e. The second kappa shape index (κ2) is 7.12. The van der Waals surface area contributed by atoms with Crippen LogP contribution < -0.4 is 16.6 Å². The number of hydrogen-bond acceptors (Lipinski definition) is 8. The summed E-state index contributed by atoms with van der Waals surface area (Å²) in [6.45, 7) is 1.02. The molecule has 0 fully saturated rings. The van der Waals surface area contributed by atoms with Gasteiger partial charge in [-0.25, -0.2) is 5.84 Å². The molecule has 0 atom stereocenters. The highest BCUT2D eigenvalue weighted by molar-refractivity contribution is 7.99. The standard InChI is InChI=1S/C10H17N7OS/c11-16-10-14-8(7-6-13-17-9(7)15-10)12-2-5-19-4-1-3-18/h6,18H,1-5,11H2,(H3,12,13,14,15,16,17). The van der Waals surface area contributed by atoms with E-state index in [9.17, 15) is 0 Å². The quantitative estimate of drug-likeness (QED) is 0.264. The van der Waals surface area contributed by atoms with E-state index in [2.05, 4.69) is 30.9 Å². The van der Waals surface area contributed by atoms with Gasteiger partial charge in [0.25, 0.3) is 0 Å². The van der Waals surface area contributed by atoms with Crippen LogP contribution in [0.1, 0.15) is 6.42 Å². The van der Waals surface area contributed by atoms with E-state index in [4.69, 9.17) is 10.9 Å². The predicted molar refractivity (Wildman–Crippen MR) is 77.0 cm³/mol. The fourth-order valence-corrected chi connectivity index (χ4v) is 2.33. The number of aliphatic hydroxyl groups excluding tert-OH is 1. The fourth-order valence-electron chi connectivity index (χ4n) is 1.54. The number of anilines is 2. The molecule has 0 spiro atoms. The van der Waals surface area contributed by atoms with E-state index in [0.717, 1.165) is 29.9 Å². The van der Waals surface area contributed by atoms with Gasteiger partial charge in [0.1, 0.15) is 5.82 Å². The van der Waals surface area contributed by atoms with Crippen molar-refractivity contribution >= 4 is 34.6 Å². The summed E-state index contributed by atoms with van der Waals surface area (Å²) in [5, 5.41) is 19.5. The first-order valence-corrected chi connectivity index (χ1v) is 7.11. The Balaban J connectivity index is 1.93. The highest BCUT2D eigenvalue weighted by atomic mass is 32.2. The number of aliphatic hydroxyl groups is 1. The molecule has 0 saturated carbocycles. The lowest BCUT2D eigenvalue weighted by Gasteiger charge is -2.07. The van der Waals surface area contributed by atoms with E-state index in [1.165, 1.54) is 0 Å². The third-order valence-corrected chi connectivity index (χ3v) is 3.49. The topological polar surface area (TPSA) is 125 Å². The number of hydrogen-bond donors (Lipinski definition) is 5. The van der Waals surface area contributed by atoms with Gasteiger partial charge in [-0.1, -0.05) is 0 Å². The van der Waals surface area contributed by atoms with Crippen LogP contribution in [0.15, 0.2) is 6.20 Å². The van der Waals surface area contributed by atoms with Gasteiger partial charge in [0.2, 0.25) is 5.95 Å². The molecule has 9 heteroatoms. The molecule has 2 aromatic rings. The lowest BCUT2D eigenvalue weighted by molar-refractivity contribution is 0.296. The zero-order valence-electron chi connectivity index (χ0n) is 10.4. The molecule has 2 aromatic heterocycles. The van der Waals surface area contributed by atoms with E-state index in [-0.39, 0.29) is 6.61 Å². The maximum Gasteiger partial charge on any atom is 0.241 e. The van der Waals surface area contributed by atoms with Crippen LogP contribution in [0.5, 0.6) is 0 Å². The number of H-pyrrole nitrogens is 1. The van der Waals surface area contributed by atoms with Gasteiger partial charge in [-0.3, -0.25) is 10.5 Å². The number of rotatable bonds is 8. The SMILES string of the molecule is NNc1nc(NCCSCCCO)c2cn[nH]c2n1. The molecule has 0 amide bonds. The molecular weight excluding hydrogens is 266 g/mol. The molecule has 0 aliphatic heterocycles. The van der Waals surface area contributed by atoms with Crippen molar-refractivity contribution in [3.05, 3.63) is 6.20 Å². The van der Waals surface area contributed by atoms with E-state index < -0.39 is 0 Å². The second-order valence-corrected chi connectivity index (χ2v) is 5.01. The molecule has 19 heavy (non-hydrogen) atoms. The van der Waals surface area contributed by atoms with Gasteiger partial charge < -0.3 is 10.4 Å². The molecule has 2 rings (SSSR count). The highest BCUT2D eigenvalue weighted by Gasteiger charge is 2.08. The predicted octanol–water partition coefficient (Wildman–Crippen LogP) is 0.166. The second-order valence-electron chi connectivity index (χ2n) is 3.79. The molecule has 0 aliphatic carbocycles. The number of nitrogens with zero attached hydrogens (tertiary/aromatic N) is 3. The van der Waals surface area contributed by atoms with Crippen molar-refractivity contribution in [1.29, 1.82) is 0 Å². The Hall–Kier alpha value is -1.58. The van der Waals surface area contributed by atoms with Gasteiger partial charge in [-0.15, -0.1) is 0 Å². The van der Waals surface area contributed by atoms with E-state index in [0.29, 0.717) is 17.4 Å². The summed E-state index contributed by atoms with van der Waals surface area (Å²) < 4.78 is 0. The minimum Gasteiger partial charge on any atom is -0.396 e. The largest absolute Gasteiger partial charge is 0.396 e. The van der Waals surface area contributed by atoms with Gasteiger partial charge in [-0.2, -0.15) is 26.8 Å². The van der Waals surface area contributed by atoms with Crippen LogP contribution in [0.2, 0.25) is 0 Å². The van der Waals surface area contributed by atoms with Gasteiger partial charge in [0.15, 0.2) is 5.65 Å². The Kier molecular flexibility index (Phi) is 5.19. The van der Waals surface area contributed by atoms with Gasteiger partial charge in [0.05, 0.1) is 11.6 Å². The highest BCUT2D eigenvalue weighted by Crippen LogP contribution is 2.19. The number of aromatic amines is 1. The maximum absolute atomic E-state index is 8.68. The van der Waals surface area contributed by atoms with Crippen molar-refractivity contribution in [3.63, 3.8) is 0 Å². The average Bonchev–Trinajstić information content (AvgIpc) is 2.90. The number of aromatic nitrogens is 4. The fraction of sp³-hybridized carbons (Fsp3) is 0.500. The summed E-state index contributed by atoms with van der Waals surface area (Å²) in [4.78, 5) is 8.40. The lowest BCUT2D eigenvalue weighted by Crippen LogP contribution is -2.13. The average molecular weight is 283 g/mol. The molecule has 0 radical (unpaired) electrons. The Morgan fingerprint density at radius 2 is 2.26 bits per heavy atom. The van der Waals surface area contributed by atoms with Crippen molar-refractivity contribution in [2.45, 2.75) is 6.42 Å². The minimum atomic E-state index is 0.244. The van der Waals surface area contributed by atoms with E-state index >= 15 is 0 Å². The number of nitrogens with two attached hydrogens (primary N) is 1. The summed E-state index contributed by atoms with van der Waals surface area (Å²) in [6, 6.07) is 0. The summed E-state index contributed by atoms with van der Waals surface area (Å²) >= 11 is 1.78. The molecule has 0 aromatic carbocycles. The van der Waals surface area contributed by atoms with Gasteiger partial charge in [0, 0.05) is 18.9 Å². The van der Waals surface area contributed by atoms with E-state index in [1.807, 2.05) is 0 Å². The Bertz CT molecular complexity index is 518. The molecule has 104 valence electrons. The number of nitrogens with one attached hydrogen (secondary N) is 3. The summed E-state index contributed by atoms with van der Waals surface area (Å²) in [5.41, 5.74) is 3.06. The van der Waals surface area contributed by atoms with Gasteiger partial charge >= 0.3 is 0 Å². The number of hydrazine groups is 1. The van der Waals surface area contributed by atoms with Crippen molar-refractivity contribution < 1.29 is 5.11 Å². The Labute approximate surface area is 114 Å². The minimum absolute atomic E-state index is 0.244. The maximum atomic E-state index is 8.68. The monoisotopic (exact) mass is 283 g/mol. The number of thioether (sulfide) groups is 1. The Morgan fingerprint density at radius 1 is 1.37 bits per heavy atom. The summed E-state index contributed by atoms with van der Waals surface area (Å²) in [6.07, 6.45) is 2.50. The first kappa shape index (κ1) is 13.8. The van der Waals surface area contributed by atoms with Gasteiger partial charge in [-0.05, 0) is 12.2 Å². The van der Waals surface area contributed by atoms with Crippen LogP contribution in [0.4, 0.5) is 11.8 Å².